The number of aliphatic hydroxyl groups is 5. The molecule has 23 heavy (non-hydrogen) atoms. The van der Waals surface area contributed by atoms with Gasteiger partial charge in [0.15, 0.2) is 6.29 Å². The first-order valence-corrected chi connectivity index (χ1v) is 8.04. The van der Waals surface area contributed by atoms with Crippen LogP contribution in [0.5, 0.6) is 0 Å². The lowest BCUT2D eigenvalue weighted by Gasteiger charge is -2.47. The van der Waals surface area contributed by atoms with E-state index in [1.165, 1.54) is 0 Å². The fourth-order valence-corrected chi connectivity index (χ4v) is 3.28. The van der Waals surface area contributed by atoms with E-state index in [9.17, 15) is 25.5 Å². The van der Waals surface area contributed by atoms with Gasteiger partial charge in [0.2, 0.25) is 0 Å². The molecule has 2 saturated heterocycles. The van der Waals surface area contributed by atoms with E-state index in [1.807, 2.05) is 0 Å². The Kier molecular flexibility index (Phi) is 6.37. The van der Waals surface area contributed by atoms with E-state index in [1.54, 1.807) is 20.8 Å². The fourth-order valence-electron chi connectivity index (χ4n) is 3.28. The summed E-state index contributed by atoms with van der Waals surface area (Å²) in [5.41, 5.74) is 0. The molecule has 0 radical (unpaired) electrons. The molecule has 5 N–H and O–H groups in total. The van der Waals surface area contributed by atoms with Crippen LogP contribution in [-0.2, 0) is 14.2 Å². The summed E-state index contributed by atoms with van der Waals surface area (Å²) >= 11 is 0. The molecule has 2 fully saturated rings. The maximum atomic E-state index is 10.2. The molecule has 2 aliphatic rings. The molecule has 0 aliphatic carbocycles. The summed E-state index contributed by atoms with van der Waals surface area (Å²) in [6, 6.07) is 0. The van der Waals surface area contributed by atoms with Crippen molar-refractivity contribution in [2.24, 2.45) is 11.8 Å². The average molecular weight is 336 g/mol. The second-order valence-electron chi connectivity index (χ2n) is 6.58. The largest absolute Gasteiger partial charge is 0.394 e. The fraction of sp³-hybridized carbons (Fsp3) is 1.00. The van der Waals surface area contributed by atoms with Gasteiger partial charge in [-0.1, -0.05) is 13.8 Å². The van der Waals surface area contributed by atoms with Crippen molar-refractivity contribution in [3.05, 3.63) is 0 Å². The first-order chi connectivity index (χ1) is 10.8. The Balaban J connectivity index is 2.11. The van der Waals surface area contributed by atoms with E-state index in [4.69, 9.17) is 14.2 Å². The maximum Gasteiger partial charge on any atom is 0.163 e. The van der Waals surface area contributed by atoms with Gasteiger partial charge in [-0.25, -0.2) is 0 Å². The molecule has 2 heterocycles. The Morgan fingerprint density at radius 1 is 0.783 bits per heavy atom. The van der Waals surface area contributed by atoms with Gasteiger partial charge in [0.05, 0.1) is 37.6 Å². The summed E-state index contributed by atoms with van der Waals surface area (Å²) in [5.74, 6) is -0.862. The average Bonchev–Trinajstić information content (AvgIpc) is 2.55. The second kappa shape index (κ2) is 7.71. The summed E-state index contributed by atoms with van der Waals surface area (Å²) in [5, 5.41) is 48.9. The van der Waals surface area contributed by atoms with Crippen LogP contribution in [0.4, 0.5) is 0 Å². The van der Waals surface area contributed by atoms with Gasteiger partial charge in [0, 0.05) is 11.8 Å². The molecular weight excluding hydrogens is 308 g/mol. The lowest BCUT2D eigenvalue weighted by atomic mass is 9.87. The van der Waals surface area contributed by atoms with Gasteiger partial charge >= 0.3 is 0 Å². The number of ether oxygens (including phenoxy) is 3. The summed E-state index contributed by atoms with van der Waals surface area (Å²) in [6.45, 7) is 4.45. The van der Waals surface area contributed by atoms with Crippen molar-refractivity contribution in [2.75, 3.05) is 13.2 Å². The van der Waals surface area contributed by atoms with E-state index < -0.39 is 61.5 Å². The van der Waals surface area contributed by atoms with Crippen LogP contribution in [0.25, 0.3) is 0 Å². The highest BCUT2D eigenvalue weighted by Crippen LogP contribution is 2.33. The van der Waals surface area contributed by atoms with Gasteiger partial charge in [-0.15, -0.1) is 0 Å². The summed E-state index contributed by atoms with van der Waals surface area (Å²) < 4.78 is 17.0. The van der Waals surface area contributed by atoms with Gasteiger partial charge < -0.3 is 39.7 Å². The second-order valence-corrected chi connectivity index (χ2v) is 6.58. The van der Waals surface area contributed by atoms with Crippen LogP contribution in [0.1, 0.15) is 20.8 Å². The zero-order valence-corrected chi connectivity index (χ0v) is 13.6. The molecule has 0 spiro atoms. The standard InChI is InChI=1S/C15H28O8/c1-6-11(18)8(3)21-10(5-17)14(6)23-15-7(2)12(19)13(20)9(4-16)22-15/h6-20H,4-5H2,1-3H3/t6-,7?,8?,9?,10?,11?,12-,13+,14+,15+/m1/s1. The van der Waals surface area contributed by atoms with Gasteiger partial charge in [-0.05, 0) is 6.92 Å². The normalized spacial score (nSPS) is 51.7. The molecule has 0 amide bonds. The Bertz CT molecular complexity index is 376. The Labute approximate surface area is 135 Å². The van der Waals surface area contributed by atoms with Gasteiger partial charge in [0.1, 0.15) is 18.3 Å². The maximum absolute atomic E-state index is 10.2. The molecule has 2 rings (SSSR count). The number of hydrogen-bond acceptors (Lipinski definition) is 8. The molecule has 0 saturated carbocycles. The molecule has 8 heteroatoms. The zero-order chi connectivity index (χ0) is 17.3. The molecule has 136 valence electrons. The molecule has 8 nitrogen and oxygen atoms in total. The van der Waals surface area contributed by atoms with Crippen LogP contribution in [0.15, 0.2) is 0 Å². The van der Waals surface area contributed by atoms with Crippen LogP contribution >= 0.6 is 0 Å². The van der Waals surface area contributed by atoms with E-state index in [0.29, 0.717) is 0 Å². The van der Waals surface area contributed by atoms with E-state index >= 15 is 0 Å². The van der Waals surface area contributed by atoms with Crippen molar-refractivity contribution in [1.29, 1.82) is 0 Å². The van der Waals surface area contributed by atoms with Gasteiger partial charge in [-0.2, -0.15) is 0 Å². The quantitative estimate of drug-likeness (QED) is 0.408. The van der Waals surface area contributed by atoms with E-state index in [0.717, 1.165) is 0 Å². The van der Waals surface area contributed by atoms with Crippen LogP contribution in [0, 0.1) is 11.8 Å². The van der Waals surface area contributed by atoms with Crippen LogP contribution < -0.4 is 0 Å². The van der Waals surface area contributed by atoms with Crippen LogP contribution in [-0.4, -0.2) is 87.8 Å². The lowest BCUT2D eigenvalue weighted by molar-refractivity contribution is -0.323. The van der Waals surface area contributed by atoms with E-state index in [2.05, 4.69) is 0 Å². The van der Waals surface area contributed by atoms with Crippen molar-refractivity contribution >= 4 is 0 Å². The molecule has 0 aromatic rings. The van der Waals surface area contributed by atoms with E-state index in [-0.39, 0.29) is 12.5 Å². The SMILES string of the molecule is CC1OC(CO)[C@@H](O[C@@H]2OC(CO)[C@H](O)[C@H](O)C2C)[C@H](C)C1O. The number of hydrogen-bond donors (Lipinski definition) is 5. The minimum absolute atomic E-state index is 0.276. The van der Waals surface area contributed by atoms with Crippen LogP contribution in [0.2, 0.25) is 0 Å². The monoisotopic (exact) mass is 336 g/mol. The molecule has 0 bridgehead atoms. The highest BCUT2D eigenvalue weighted by Gasteiger charge is 2.47. The molecule has 2 aliphatic heterocycles. The Hall–Kier alpha value is -0.320. The summed E-state index contributed by atoms with van der Waals surface area (Å²) in [7, 11) is 0. The van der Waals surface area contributed by atoms with Crippen LogP contribution in [0.3, 0.4) is 0 Å². The third kappa shape index (κ3) is 3.69. The predicted molar refractivity (Wildman–Crippen MR) is 78.4 cm³/mol. The van der Waals surface area contributed by atoms with Gasteiger partial charge in [-0.3, -0.25) is 0 Å². The smallest absolute Gasteiger partial charge is 0.163 e. The van der Waals surface area contributed by atoms with Crippen molar-refractivity contribution in [2.45, 2.75) is 69.8 Å². The number of rotatable bonds is 4. The zero-order valence-electron chi connectivity index (χ0n) is 13.6. The highest BCUT2D eigenvalue weighted by molar-refractivity contribution is 4.92. The van der Waals surface area contributed by atoms with Gasteiger partial charge in [0.25, 0.3) is 0 Å². The van der Waals surface area contributed by atoms with Crippen molar-refractivity contribution < 1.29 is 39.7 Å². The van der Waals surface area contributed by atoms with Crippen molar-refractivity contribution in [1.82, 2.24) is 0 Å². The minimum Gasteiger partial charge on any atom is -0.394 e. The summed E-state index contributed by atoms with van der Waals surface area (Å²) in [4.78, 5) is 0. The Morgan fingerprint density at radius 2 is 1.39 bits per heavy atom. The summed E-state index contributed by atoms with van der Waals surface area (Å²) in [6.07, 6.45) is -6.61. The first kappa shape index (κ1) is 19.0. The van der Waals surface area contributed by atoms with Crippen molar-refractivity contribution in [3.63, 3.8) is 0 Å². The minimum atomic E-state index is -1.20. The molecule has 10 atom stereocenters. The third-order valence-electron chi connectivity index (χ3n) is 4.95. The Morgan fingerprint density at radius 3 is 1.96 bits per heavy atom. The van der Waals surface area contributed by atoms with Crippen molar-refractivity contribution in [3.8, 4) is 0 Å². The highest BCUT2D eigenvalue weighted by atomic mass is 16.7. The molecule has 0 aromatic heterocycles. The molecule has 0 aromatic carbocycles. The first-order valence-electron chi connectivity index (χ1n) is 8.04. The topological polar surface area (TPSA) is 129 Å². The third-order valence-corrected chi connectivity index (χ3v) is 4.95. The lowest BCUT2D eigenvalue weighted by Crippen LogP contribution is -2.60. The number of aliphatic hydroxyl groups excluding tert-OH is 5. The predicted octanol–water partition coefficient (Wildman–Crippen LogP) is -1.78. The molecule has 5 unspecified atom stereocenters. The molecular formula is C15H28O8.